The molecule has 0 aliphatic carbocycles. The van der Waals surface area contributed by atoms with Crippen molar-refractivity contribution in [2.45, 2.75) is 46.1 Å². The van der Waals surface area contributed by atoms with Crippen LogP contribution in [0.4, 0.5) is 0 Å². The Morgan fingerprint density at radius 2 is 1.76 bits per heavy atom. The first-order valence-electron chi connectivity index (χ1n) is 14.7. The summed E-state index contributed by atoms with van der Waals surface area (Å²) in [5, 5.41) is 5.15. The lowest BCUT2D eigenvalue weighted by atomic mass is 9.95. The minimum absolute atomic E-state index is 0.697. The van der Waals surface area contributed by atoms with E-state index in [1.165, 1.54) is 22.4 Å². The van der Waals surface area contributed by atoms with Crippen molar-refractivity contribution in [1.29, 1.82) is 0 Å². The van der Waals surface area contributed by atoms with Gasteiger partial charge in [-0.25, -0.2) is 4.68 Å². The van der Waals surface area contributed by atoms with Gasteiger partial charge in [0, 0.05) is 43.1 Å². The normalized spacial score (nSPS) is 16.7. The van der Waals surface area contributed by atoms with Crippen LogP contribution in [0.5, 0.6) is 11.5 Å². The highest BCUT2D eigenvalue weighted by Crippen LogP contribution is 2.34. The molecule has 0 amide bonds. The van der Waals surface area contributed by atoms with E-state index in [2.05, 4.69) is 90.0 Å². The monoisotopic (exact) mass is 550 g/mol. The molecule has 6 heteroatoms. The highest BCUT2D eigenvalue weighted by molar-refractivity contribution is 5.71. The van der Waals surface area contributed by atoms with Crippen LogP contribution in [0, 0.1) is 0 Å². The number of methoxy groups -OCH3 is 2. The fourth-order valence-corrected chi connectivity index (χ4v) is 5.81. The highest BCUT2D eigenvalue weighted by Gasteiger charge is 2.23. The predicted molar refractivity (Wildman–Crippen MR) is 169 cm³/mol. The summed E-state index contributed by atoms with van der Waals surface area (Å²) < 4.78 is 13.2. The van der Waals surface area contributed by atoms with Crippen LogP contribution in [-0.4, -0.2) is 53.4 Å². The lowest BCUT2D eigenvalue weighted by Crippen LogP contribution is -2.29. The van der Waals surface area contributed by atoms with E-state index in [-0.39, 0.29) is 0 Å². The van der Waals surface area contributed by atoms with E-state index in [0.29, 0.717) is 11.5 Å². The molecule has 0 bridgehead atoms. The molecule has 0 spiro atoms. The van der Waals surface area contributed by atoms with Crippen molar-refractivity contribution in [3.63, 3.8) is 0 Å². The van der Waals surface area contributed by atoms with Gasteiger partial charge in [0.2, 0.25) is 0 Å². The minimum Gasteiger partial charge on any atom is -0.493 e. The minimum atomic E-state index is 0.697. The quantitative estimate of drug-likeness (QED) is 0.286. The molecule has 2 aromatic carbocycles. The second kappa shape index (κ2) is 12.5. The molecule has 0 fully saturated rings. The molecule has 2 aliphatic heterocycles. The van der Waals surface area contributed by atoms with Crippen LogP contribution >= 0.6 is 0 Å². The molecule has 0 atom stereocenters. The van der Waals surface area contributed by atoms with Gasteiger partial charge in [0.1, 0.15) is 5.69 Å². The number of ether oxygens (including phenoxy) is 2. The number of nitrogens with zero attached hydrogens (tertiary/aromatic N) is 4. The van der Waals surface area contributed by atoms with Crippen molar-refractivity contribution in [2.75, 3.05) is 33.9 Å². The van der Waals surface area contributed by atoms with E-state index in [0.717, 1.165) is 80.2 Å². The van der Waals surface area contributed by atoms with E-state index >= 15 is 0 Å². The molecule has 5 rings (SSSR count). The van der Waals surface area contributed by atoms with E-state index < -0.39 is 0 Å². The van der Waals surface area contributed by atoms with Gasteiger partial charge in [-0.2, -0.15) is 5.10 Å². The molecule has 3 heterocycles. The van der Waals surface area contributed by atoms with Crippen LogP contribution in [-0.2, 0) is 19.4 Å². The first-order valence-corrected chi connectivity index (χ1v) is 14.7. The maximum atomic E-state index is 5.61. The second-order valence-corrected chi connectivity index (χ2v) is 10.6. The third-order valence-corrected chi connectivity index (χ3v) is 8.26. The van der Waals surface area contributed by atoms with Crippen LogP contribution in [0.3, 0.4) is 0 Å². The lowest BCUT2D eigenvalue weighted by molar-refractivity contribution is 0.355. The van der Waals surface area contributed by atoms with Gasteiger partial charge in [-0.15, -0.1) is 0 Å². The molecule has 41 heavy (non-hydrogen) atoms. The average Bonchev–Trinajstić information content (AvgIpc) is 3.46. The fraction of sp³-hybridized carbons (Fsp3) is 0.343. The third-order valence-electron chi connectivity index (χ3n) is 8.26. The molecule has 0 N–H and O–H groups in total. The van der Waals surface area contributed by atoms with E-state index in [1.54, 1.807) is 14.2 Å². The van der Waals surface area contributed by atoms with Crippen molar-refractivity contribution < 1.29 is 9.47 Å². The van der Waals surface area contributed by atoms with Gasteiger partial charge in [0.05, 0.1) is 25.6 Å². The Morgan fingerprint density at radius 1 is 0.951 bits per heavy atom. The number of aromatic nitrogens is 2. The number of hydrogen-bond acceptors (Lipinski definition) is 5. The first-order chi connectivity index (χ1) is 20.0. The van der Waals surface area contributed by atoms with Crippen molar-refractivity contribution >= 4 is 17.1 Å². The number of fused-ring (bicyclic) bond motifs is 2. The molecule has 0 unspecified atom stereocenters. The topological polar surface area (TPSA) is 42.8 Å². The van der Waals surface area contributed by atoms with Crippen LogP contribution in [0.2, 0.25) is 0 Å². The molecular weight excluding hydrogens is 508 g/mol. The van der Waals surface area contributed by atoms with Crippen molar-refractivity contribution in [1.82, 2.24) is 19.6 Å². The third kappa shape index (κ3) is 5.83. The number of rotatable bonds is 9. The van der Waals surface area contributed by atoms with Crippen molar-refractivity contribution in [3.8, 4) is 11.5 Å². The second-order valence-electron chi connectivity index (χ2n) is 10.6. The maximum absolute atomic E-state index is 5.61. The molecule has 0 saturated carbocycles. The van der Waals surface area contributed by atoms with Gasteiger partial charge in [0.15, 0.2) is 11.5 Å². The van der Waals surface area contributed by atoms with E-state index in [1.807, 2.05) is 12.1 Å². The molecule has 214 valence electrons. The van der Waals surface area contributed by atoms with Crippen LogP contribution in [0.25, 0.3) is 17.1 Å². The summed E-state index contributed by atoms with van der Waals surface area (Å²) in [4.78, 5) is 4.68. The molecule has 2 aliphatic rings. The molecule has 1 aromatic heterocycles. The average molecular weight is 551 g/mol. The van der Waals surface area contributed by atoms with Crippen LogP contribution < -0.4 is 9.47 Å². The van der Waals surface area contributed by atoms with Gasteiger partial charge >= 0.3 is 0 Å². The van der Waals surface area contributed by atoms with Gasteiger partial charge in [-0.05, 0) is 92.6 Å². The van der Waals surface area contributed by atoms with Crippen molar-refractivity contribution in [2.24, 2.45) is 0 Å². The number of aryl methyl sites for hydroxylation is 1. The Balaban J connectivity index is 1.44. The van der Waals surface area contributed by atoms with Crippen LogP contribution in [0.1, 0.15) is 60.3 Å². The summed E-state index contributed by atoms with van der Waals surface area (Å²) in [5.74, 6) is 1.41. The first kappa shape index (κ1) is 28.3. The zero-order valence-corrected chi connectivity index (χ0v) is 24.9. The number of allylic oxidation sites excluding steroid dienone is 3. The number of benzene rings is 2. The SMILES string of the molecule is C=C(c1ccc2c(c1)CN(C(=C)c1cc3n(n1)/C(c1ccc(OC)c(OC)c1)=C\C=C/CCC3)CC2)N(CC)CC. The highest BCUT2D eigenvalue weighted by atomic mass is 16.5. The largest absolute Gasteiger partial charge is 0.493 e. The summed E-state index contributed by atoms with van der Waals surface area (Å²) in [6.45, 7) is 16.9. The summed E-state index contributed by atoms with van der Waals surface area (Å²) in [6.07, 6.45) is 10.5. The maximum Gasteiger partial charge on any atom is 0.161 e. The standard InChI is InChI=1S/C35H42N4O2/c1-7-37(8-2)25(3)28-16-15-27-19-20-38(24-30(27)21-28)26(4)32-23-31-13-11-9-10-12-14-33(39(31)36-32)29-17-18-34(40-5)35(22-29)41-6/h10,12,14-18,21-23H,3-4,7-9,11,13,19-20,24H2,1-2,5-6H3/b12-10-,33-14-. The number of hydrogen-bond donors (Lipinski definition) is 0. The molecule has 0 radical (unpaired) electrons. The lowest BCUT2D eigenvalue weighted by Gasteiger charge is -2.32. The summed E-state index contributed by atoms with van der Waals surface area (Å²) in [5.41, 5.74) is 10.1. The Bertz CT molecular complexity index is 1490. The predicted octanol–water partition coefficient (Wildman–Crippen LogP) is 7.02. The Labute approximate surface area is 244 Å². The summed E-state index contributed by atoms with van der Waals surface area (Å²) >= 11 is 0. The van der Waals surface area contributed by atoms with Gasteiger partial charge in [0.25, 0.3) is 0 Å². The van der Waals surface area contributed by atoms with E-state index in [9.17, 15) is 0 Å². The molecule has 6 nitrogen and oxygen atoms in total. The van der Waals surface area contributed by atoms with E-state index in [4.69, 9.17) is 14.6 Å². The summed E-state index contributed by atoms with van der Waals surface area (Å²) in [6, 6.07) is 15.1. The Morgan fingerprint density at radius 3 is 2.51 bits per heavy atom. The van der Waals surface area contributed by atoms with Crippen molar-refractivity contribution in [3.05, 3.63) is 107 Å². The smallest absolute Gasteiger partial charge is 0.161 e. The molecule has 3 aromatic rings. The molecule has 0 saturated heterocycles. The molecular formula is C35H42N4O2. The van der Waals surface area contributed by atoms with Gasteiger partial charge in [-0.1, -0.05) is 37.4 Å². The Hall–Kier alpha value is -4.19. The van der Waals surface area contributed by atoms with Gasteiger partial charge in [-0.3, -0.25) is 0 Å². The van der Waals surface area contributed by atoms with Gasteiger partial charge < -0.3 is 19.3 Å². The fourth-order valence-electron chi connectivity index (χ4n) is 5.81. The summed E-state index contributed by atoms with van der Waals surface area (Å²) in [7, 11) is 3.32. The van der Waals surface area contributed by atoms with Crippen LogP contribution in [0.15, 0.2) is 73.9 Å². The zero-order valence-electron chi connectivity index (χ0n) is 24.9. The zero-order chi connectivity index (χ0) is 28.9. The Kier molecular flexibility index (Phi) is 8.67.